The van der Waals surface area contributed by atoms with Gasteiger partial charge in [-0.2, -0.15) is 0 Å². The van der Waals surface area contributed by atoms with Crippen molar-refractivity contribution in [2.24, 2.45) is 0 Å². The van der Waals surface area contributed by atoms with Gasteiger partial charge in [0.2, 0.25) is 0 Å². The van der Waals surface area contributed by atoms with Crippen LogP contribution in [-0.4, -0.2) is 52.6 Å². The van der Waals surface area contributed by atoms with E-state index in [2.05, 4.69) is 0 Å². The Morgan fingerprint density at radius 2 is 1.92 bits per heavy atom. The Hall–Kier alpha value is -0.200. The van der Waals surface area contributed by atoms with E-state index >= 15 is 0 Å². The van der Waals surface area contributed by atoms with Crippen LogP contribution in [0.2, 0.25) is 0 Å². The van der Waals surface area contributed by atoms with Crippen molar-refractivity contribution in [3.63, 3.8) is 0 Å². The minimum absolute atomic E-state index is 0.0539. The van der Waals surface area contributed by atoms with Crippen LogP contribution in [0.4, 0.5) is 0 Å². The molecule has 1 rings (SSSR count). The van der Waals surface area contributed by atoms with Gasteiger partial charge in [-0.05, 0) is 13.8 Å². The Balaban J connectivity index is 2.92. The molecule has 1 fully saturated rings. The van der Waals surface area contributed by atoms with Gasteiger partial charge in [0.05, 0.1) is 6.61 Å². The highest BCUT2D eigenvalue weighted by Gasteiger charge is 2.56. The van der Waals surface area contributed by atoms with Crippen LogP contribution in [0.25, 0.3) is 0 Å². The summed E-state index contributed by atoms with van der Waals surface area (Å²) in [6.07, 6.45) is -2.36. The molecule has 1 saturated heterocycles. The third-order valence-corrected chi connectivity index (χ3v) is 2.78. The van der Waals surface area contributed by atoms with Gasteiger partial charge in [0.1, 0.15) is 17.8 Å². The highest BCUT2D eigenvalue weighted by atomic mass is 16.7. The van der Waals surface area contributed by atoms with E-state index in [1.807, 2.05) is 0 Å². The van der Waals surface area contributed by atoms with Crippen LogP contribution in [0.3, 0.4) is 0 Å². The fourth-order valence-corrected chi connectivity index (χ4v) is 1.39. The minimum Gasteiger partial charge on any atom is -0.388 e. The van der Waals surface area contributed by atoms with Crippen molar-refractivity contribution in [1.29, 1.82) is 0 Å². The molecule has 1 heterocycles. The van der Waals surface area contributed by atoms with Crippen molar-refractivity contribution < 1.29 is 24.8 Å². The maximum Gasteiger partial charge on any atom is 0.196 e. The van der Waals surface area contributed by atoms with Gasteiger partial charge in [0.25, 0.3) is 0 Å². The summed E-state index contributed by atoms with van der Waals surface area (Å²) >= 11 is 0. The summed E-state index contributed by atoms with van der Waals surface area (Å²) in [6.45, 7) is 2.83. The van der Waals surface area contributed by atoms with Gasteiger partial charge >= 0.3 is 0 Å². The van der Waals surface area contributed by atoms with Crippen molar-refractivity contribution in [1.82, 2.24) is 0 Å². The number of aliphatic hydroxyl groups is 3. The smallest absolute Gasteiger partial charge is 0.196 e. The number of hydrogen-bond donors (Lipinski definition) is 3. The van der Waals surface area contributed by atoms with Gasteiger partial charge in [-0.15, -0.1) is 0 Å². The van der Waals surface area contributed by atoms with E-state index < -0.39 is 23.6 Å². The molecule has 3 N–H and O–H groups in total. The summed E-state index contributed by atoms with van der Waals surface area (Å²) in [5, 5.41) is 28.6. The van der Waals surface area contributed by atoms with Crippen LogP contribution >= 0.6 is 0 Å². The highest BCUT2D eigenvalue weighted by molar-refractivity contribution is 5.00. The Bertz CT molecular complexity index is 193. The lowest BCUT2D eigenvalue weighted by Gasteiger charge is -2.48. The fourth-order valence-electron chi connectivity index (χ4n) is 1.39. The van der Waals surface area contributed by atoms with E-state index in [9.17, 15) is 15.3 Å². The molecular weight excluding hydrogens is 176 g/mol. The molecular formula is C8H16O5. The third-order valence-electron chi connectivity index (χ3n) is 2.78. The van der Waals surface area contributed by atoms with Gasteiger partial charge in [0.15, 0.2) is 5.79 Å². The fraction of sp³-hybridized carbons (Fsp3) is 1.00. The Morgan fingerprint density at radius 1 is 1.38 bits per heavy atom. The molecule has 13 heavy (non-hydrogen) atoms. The maximum atomic E-state index is 9.87. The number of methoxy groups -OCH3 is 1. The largest absolute Gasteiger partial charge is 0.388 e. The second-order valence-electron chi connectivity index (χ2n) is 3.62. The Labute approximate surface area is 76.9 Å². The van der Waals surface area contributed by atoms with Crippen LogP contribution in [0, 0.1) is 0 Å². The average molecular weight is 192 g/mol. The zero-order valence-corrected chi connectivity index (χ0v) is 8.02. The Morgan fingerprint density at radius 3 is 2.38 bits per heavy atom. The first-order chi connectivity index (χ1) is 5.85. The van der Waals surface area contributed by atoms with Crippen LogP contribution in [0.5, 0.6) is 0 Å². The third kappa shape index (κ3) is 1.47. The average Bonchev–Trinajstić information content (AvgIpc) is 2.09. The van der Waals surface area contributed by atoms with E-state index in [-0.39, 0.29) is 6.61 Å². The highest BCUT2D eigenvalue weighted by Crippen LogP contribution is 2.35. The van der Waals surface area contributed by atoms with Crippen molar-refractivity contribution in [2.75, 3.05) is 13.7 Å². The quantitative estimate of drug-likeness (QED) is 0.489. The maximum absolute atomic E-state index is 9.87. The lowest BCUT2D eigenvalue weighted by Crippen LogP contribution is -2.68. The number of aliphatic hydroxyl groups excluding tert-OH is 2. The molecule has 0 unspecified atom stereocenters. The van der Waals surface area contributed by atoms with Crippen LogP contribution < -0.4 is 0 Å². The molecule has 1 aliphatic heterocycles. The van der Waals surface area contributed by atoms with Gasteiger partial charge in [-0.25, -0.2) is 0 Å². The molecule has 1 aliphatic rings. The van der Waals surface area contributed by atoms with E-state index in [0.29, 0.717) is 0 Å². The molecule has 0 aliphatic carbocycles. The Kier molecular flexibility index (Phi) is 2.66. The van der Waals surface area contributed by atoms with Crippen molar-refractivity contribution in [3.05, 3.63) is 0 Å². The number of rotatable bonds is 1. The zero-order valence-electron chi connectivity index (χ0n) is 8.02. The molecule has 0 amide bonds. The number of hydrogen-bond acceptors (Lipinski definition) is 5. The molecule has 0 spiro atoms. The van der Waals surface area contributed by atoms with Gasteiger partial charge in [-0.1, -0.05) is 0 Å². The molecule has 0 aromatic heterocycles. The molecule has 5 nitrogen and oxygen atoms in total. The molecule has 0 bridgehead atoms. The molecule has 0 aromatic rings. The predicted molar refractivity (Wildman–Crippen MR) is 44.0 cm³/mol. The van der Waals surface area contributed by atoms with Crippen LogP contribution in [0.1, 0.15) is 13.8 Å². The van der Waals surface area contributed by atoms with E-state index in [0.717, 1.165) is 0 Å². The molecule has 0 aromatic carbocycles. The first-order valence-electron chi connectivity index (χ1n) is 4.13. The van der Waals surface area contributed by atoms with Gasteiger partial charge in [0, 0.05) is 7.11 Å². The SMILES string of the molecule is CO[C@]1(C)OC[C@@H](O)[C@@H](O)[C@@]1(C)O. The molecule has 0 saturated carbocycles. The normalized spacial score (nSPS) is 52.2. The van der Waals surface area contributed by atoms with Crippen LogP contribution in [0.15, 0.2) is 0 Å². The first kappa shape index (κ1) is 10.9. The van der Waals surface area contributed by atoms with Crippen molar-refractivity contribution >= 4 is 0 Å². The van der Waals surface area contributed by atoms with Crippen LogP contribution in [-0.2, 0) is 9.47 Å². The van der Waals surface area contributed by atoms with Crippen molar-refractivity contribution in [3.8, 4) is 0 Å². The summed E-state index contributed by atoms with van der Waals surface area (Å²) in [7, 11) is 1.37. The number of ether oxygens (including phenoxy) is 2. The first-order valence-corrected chi connectivity index (χ1v) is 4.13. The lowest BCUT2D eigenvalue weighted by atomic mass is 9.84. The second-order valence-corrected chi connectivity index (χ2v) is 3.62. The lowest BCUT2D eigenvalue weighted by molar-refractivity contribution is -0.360. The summed E-state index contributed by atoms with van der Waals surface area (Å²) in [5.41, 5.74) is -1.63. The summed E-state index contributed by atoms with van der Waals surface area (Å²) < 4.78 is 10.1. The molecule has 5 heteroatoms. The summed E-state index contributed by atoms with van der Waals surface area (Å²) in [4.78, 5) is 0. The van der Waals surface area contributed by atoms with Crippen molar-refractivity contribution in [2.45, 2.75) is 37.4 Å². The zero-order chi connectivity index (χ0) is 10.3. The molecule has 0 radical (unpaired) electrons. The second kappa shape index (κ2) is 3.18. The topological polar surface area (TPSA) is 79.2 Å². The predicted octanol–water partition coefficient (Wildman–Crippen LogP) is -1.15. The van der Waals surface area contributed by atoms with E-state index in [1.165, 1.54) is 21.0 Å². The van der Waals surface area contributed by atoms with E-state index in [1.54, 1.807) is 0 Å². The molecule has 4 atom stereocenters. The van der Waals surface area contributed by atoms with Gasteiger partial charge in [-0.3, -0.25) is 0 Å². The standard InChI is InChI=1S/C8H16O5/c1-7(11)6(10)5(9)4-13-8(7,2)12-3/h5-6,9-11H,4H2,1-3H3/t5-,6-,7-,8-/m1/s1. The monoisotopic (exact) mass is 192 g/mol. The van der Waals surface area contributed by atoms with E-state index in [4.69, 9.17) is 9.47 Å². The summed E-state index contributed by atoms with van der Waals surface area (Å²) in [6, 6.07) is 0. The summed E-state index contributed by atoms with van der Waals surface area (Å²) in [5.74, 6) is -1.29. The molecule has 78 valence electrons. The minimum atomic E-state index is -1.63. The van der Waals surface area contributed by atoms with Gasteiger partial charge < -0.3 is 24.8 Å².